The van der Waals surface area contributed by atoms with Crippen LogP contribution in [0.2, 0.25) is 0 Å². The molecule has 0 aliphatic carbocycles. The maximum Gasteiger partial charge on any atom is 0.309 e. The number of β-amino-alcohol motifs (C(OH)–C–C–N with tert-alkyl or cyclic N) is 1. The van der Waals surface area contributed by atoms with Crippen LogP contribution in [0.3, 0.4) is 0 Å². The van der Waals surface area contributed by atoms with E-state index in [-0.39, 0.29) is 25.1 Å². The summed E-state index contributed by atoms with van der Waals surface area (Å²) in [6.07, 6.45) is -0.895. The minimum Gasteiger partial charge on any atom is -0.481 e. The molecule has 2 atom stereocenters. The van der Waals surface area contributed by atoms with Gasteiger partial charge in [-0.05, 0) is 13.0 Å². The SMILES string of the molecule is O=C(O)[C@H]1CCN(Cc2c(F)cc(F)cc2F)C[C@H]1O. The molecule has 0 amide bonds. The van der Waals surface area contributed by atoms with Crippen LogP contribution in [-0.2, 0) is 11.3 Å². The van der Waals surface area contributed by atoms with Gasteiger partial charge in [0.2, 0.25) is 0 Å². The van der Waals surface area contributed by atoms with Crippen molar-refractivity contribution in [3.8, 4) is 0 Å². The van der Waals surface area contributed by atoms with Crippen LogP contribution >= 0.6 is 0 Å². The summed E-state index contributed by atoms with van der Waals surface area (Å²) in [6, 6.07) is 1.19. The van der Waals surface area contributed by atoms with Crippen LogP contribution in [0.4, 0.5) is 13.2 Å². The van der Waals surface area contributed by atoms with Crippen LogP contribution in [0.15, 0.2) is 12.1 Å². The first kappa shape index (κ1) is 14.8. The Hall–Kier alpha value is -1.60. The first-order valence-electron chi connectivity index (χ1n) is 6.15. The Bertz CT molecular complexity index is 501. The highest BCUT2D eigenvalue weighted by Crippen LogP contribution is 2.22. The Kier molecular flexibility index (Phi) is 4.29. The second kappa shape index (κ2) is 5.80. The summed E-state index contributed by atoms with van der Waals surface area (Å²) in [5.74, 6) is -4.92. The van der Waals surface area contributed by atoms with Crippen LogP contribution in [0.5, 0.6) is 0 Å². The summed E-state index contributed by atoms with van der Waals surface area (Å²) in [6.45, 7) is 0.166. The molecule has 2 rings (SSSR count). The van der Waals surface area contributed by atoms with E-state index in [0.29, 0.717) is 18.7 Å². The Morgan fingerprint density at radius 2 is 1.90 bits per heavy atom. The van der Waals surface area contributed by atoms with E-state index < -0.39 is 35.4 Å². The number of aliphatic hydroxyl groups excluding tert-OH is 1. The summed E-state index contributed by atoms with van der Waals surface area (Å²) < 4.78 is 39.8. The van der Waals surface area contributed by atoms with E-state index in [1.165, 1.54) is 0 Å². The van der Waals surface area contributed by atoms with Crippen molar-refractivity contribution < 1.29 is 28.2 Å². The third-order valence-electron chi connectivity index (χ3n) is 3.47. The van der Waals surface area contributed by atoms with E-state index in [4.69, 9.17) is 5.11 Å². The lowest BCUT2D eigenvalue weighted by Crippen LogP contribution is -2.46. The number of likely N-dealkylation sites (tertiary alicyclic amines) is 1. The van der Waals surface area contributed by atoms with Crippen molar-refractivity contribution in [1.29, 1.82) is 0 Å². The highest BCUT2D eigenvalue weighted by Gasteiger charge is 2.33. The monoisotopic (exact) mass is 289 g/mol. The molecule has 4 nitrogen and oxygen atoms in total. The zero-order valence-electron chi connectivity index (χ0n) is 10.5. The van der Waals surface area contributed by atoms with E-state index >= 15 is 0 Å². The van der Waals surface area contributed by atoms with Crippen LogP contribution < -0.4 is 0 Å². The molecule has 1 aliphatic heterocycles. The molecule has 0 aromatic heterocycles. The Morgan fingerprint density at radius 1 is 1.30 bits per heavy atom. The van der Waals surface area contributed by atoms with E-state index in [1.807, 2.05) is 0 Å². The predicted octanol–water partition coefficient (Wildman–Crippen LogP) is 1.37. The number of hydrogen-bond acceptors (Lipinski definition) is 3. The zero-order chi connectivity index (χ0) is 14.9. The first-order chi connectivity index (χ1) is 9.38. The maximum atomic E-state index is 13.5. The van der Waals surface area contributed by atoms with Crippen molar-refractivity contribution in [2.75, 3.05) is 13.1 Å². The first-order valence-corrected chi connectivity index (χ1v) is 6.15. The number of nitrogens with zero attached hydrogens (tertiary/aromatic N) is 1. The number of piperidine rings is 1. The van der Waals surface area contributed by atoms with Gasteiger partial charge in [-0.1, -0.05) is 0 Å². The highest BCUT2D eigenvalue weighted by atomic mass is 19.1. The quantitative estimate of drug-likeness (QED) is 0.882. The lowest BCUT2D eigenvalue weighted by atomic mass is 9.94. The third kappa shape index (κ3) is 3.10. The van der Waals surface area contributed by atoms with Gasteiger partial charge in [-0.2, -0.15) is 0 Å². The second-order valence-electron chi connectivity index (χ2n) is 4.88. The molecule has 0 radical (unpaired) electrons. The summed E-state index contributed by atoms with van der Waals surface area (Å²) >= 11 is 0. The fourth-order valence-corrected chi connectivity index (χ4v) is 2.38. The molecule has 0 saturated carbocycles. The van der Waals surface area contributed by atoms with E-state index in [0.717, 1.165) is 0 Å². The van der Waals surface area contributed by atoms with Crippen molar-refractivity contribution in [3.63, 3.8) is 0 Å². The van der Waals surface area contributed by atoms with Gasteiger partial charge in [-0.3, -0.25) is 9.69 Å². The molecule has 1 aliphatic rings. The van der Waals surface area contributed by atoms with Crippen molar-refractivity contribution in [1.82, 2.24) is 4.90 Å². The third-order valence-corrected chi connectivity index (χ3v) is 3.47. The Balaban J connectivity index is 2.07. The molecule has 1 saturated heterocycles. The molecule has 20 heavy (non-hydrogen) atoms. The average molecular weight is 289 g/mol. The van der Waals surface area contributed by atoms with Crippen molar-refractivity contribution >= 4 is 5.97 Å². The lowest BCUT2D eigenvalue weighted by Gasteiger charge is -2.34. The fourth-order valence-electron chi connectivity index (χ4n) is 2.38. The van der Waals surface area contributed by atoms with Crippen LogP contribution in [0.25, 0.3) is 0 Å². The van der Waals surface area contributed by atoms with E-state index in [1.54, 1.807) is 4.90 Å². The number of halogens is 3. The molecular weight excluding hydrogens is 275 g/mol. The van der Waals surface area contributed by atoms with Crippen molar-refractivity contribution in [3.05, 3.63) is 35.1 Å². The molecule has 1 fully saturated rings. The van der Waals surface area contributed by atoms with Crippen molar-refractivity contribution in [2.45, 2.75) is 19.1 Å². The minimum absolute atomic E-state index is 0.00717. The van der Waals surface area contributed by atoms with Crippen LogP contribution in [0.1, 0.15) is 12.0 Å². The number of aliphatic carboxylic acids is 1. The molecule has 0 unspecified atom stereocenters. The minimum atomic E-state index is -1.09. The topological polar surface area (TPSA) is 60.8 Å². The normalized spacial score (nSPS) is 23.8. The van der Waals surface area contributed by atoms with Gasteiger partial charge in [0, 0.05) is 30.8 Å². The molecule has 0 bridgehead atoms. The Morgan fingerprint density at radius 3 is 2.40 bits per heavy atom. The number of aliphatic hydroxyl groups is 1. The molecule has 1 heterocycles. The molecule has 1 aromatic rings. The predicted molar refractivity (Wildman–Crippen MR) is 63.3 cm³/mol. The summed E-state index contributed by atoms with van der Waals surface area (Å²) in [5.41, 5.74) is -0.285. The van der Waals surface area contributed by atoms with Gasteiger partial charge in [-0.25, -0.2) is 13.2 Å². The summed E-state index contributed by atoms with van der Waals surface area (Å²) in [5, 5.41) is 18.6. The fraction of sp³-hybridized carbons (Fsp3) is 0.462. The number of carboxylic acid groups (broad SMARTS) is 1. The van der Waals surface area contributed by atoms with Gasteiger partial charge in [0.1, 0.15) is 17.5 Å². The number of benzene rings is 1. The molecule has 2 N–H and O–H groups in total. The van der Waals surface area contributed by atoms with Gasteiger partial charge in [0.05, 0.1) is 12.0 Å². The maximum absolute atomic E-state index is 13.5. The molecule has 7 heteroatoms. The average Bonchev–Trinajstić information content (AvgIpc) is 2.33. The van der Waals surface area contributed by atoms with Crippen LogP contribution in [0, 0.1) is 23.4 Å². The number of carboxylic acids is 1. The number of carbonyl (C=O) groups is 1. The smallest absolute Gasteiger partial charge is 0.309 e. The van der Waals surface area contributed by atoms with Gasteiger partial charge < -0.3 is 10.2 Å². The zero-order valence-corrected chi connectivity index (χ0v) is 10.5. The number of rotatable bonds is 3. The largest absolute Gasteiger partial charge is 0.481 e. The molecule has 110 valence electrons. The van der Waals surface area contributed by atoms with Crippen molar-refractivity contribution in [2.24, 2.45) is 5.92 Å². The second-order valence-corrected chi connectivity index (χ2v) is 4.88. The van der Waals surface area contributed by atoms with Crippen LogP contribution in [-0.4, -0.2) is 40.3 Å². The lowest BCUT2D eigenvalue weighted by molar-refractivity contribution is -0.148. The van der Waals surface area contributed by atoms with Gasteiger partial charge in [-0.15, -0.1) is 0 Å². The summed E-state index contributed by atoms with van der Waals surface area (Å²) in [7, 11) is 0. The highest BCUT2D eigenvalue weighted by molar-refractivity contribution is 5.70. The number of hydrogen-bond donors (Lipinski definition) is 2. The van der Waals surface area contributed by atoms with E-state index in [9.17, 15) is 23.1 Å². The summed E-state index contributed by atoms with van der Waals surface area (Å²) in [4.78, 5) is 12.4. The Labute approximate surface area is 113 Å². The van der Waals surface area contributed by atoms with Gasteiger partial charge >= 0.3 is 5.97 Å². The van der Waals surface area contributed by atoms with E-state index in [2.05, 4.69) is 0 Å². The molecule has 1 aromatic carbocycles. The molecular formula is C13H14F3NO3. The van der Waals surface area contributed by atoms with Gasteiger partial charge in [0.25, 0.3) is 0 Å². The van der Waals surface area contributed by atoms with Gasteiger partial charge in [0.15, 0.2) is 0 Å². The molecule has 0 spiro atoms. The standard InChI is InChI=1S/C13H14F3NO3/c14-7-3-10(15)9(11(16)4-7)5-17-2-1-8(13(19)20)12(18)6-17/h3-4,8,12,18H,1-2,5-6H2,(H,19,20)/t8-,12+/m0/s1.